The minimum absolute atomic E-state index is 0.330. The molecule has 5 nitrogen and oxygen atoms in total. The lowest BCUT2D eigenvalue weighted by Gasteiger charge is -2.30. The van der Waals surface area contributed by atoms with E-state index in [4.69, 9.17) is 4.99 Å². The van der Waals surface area contributed by atoms with E-state index in [1.807, 2.05) is 24.0 Å². The molecule has 0 unspecified atom stereocenters. The summed E-state index contributed by atoms with van der Waals surface area (Å²) in [6.07, 6.45) is 8.19. The molecule has 0 amide bonds. The molecular weight excluding hydrogens is 340 g/mol. The average molecular weight is 367 g/mol. The third-order valence-corrected chi connectivity index (χ3v) is 7.41. The van der Waals surface area contributed by atoms with Crippen molar-refractivity contribution in [2.75, 3.05) is 5.75 Å². The largest absolute Gasteiger partial charge is 0.318 e. The van der Waals surface area contributed by atoms with Gasteiger partial charge in [-0.1, -0.05) is 13.3 Å². The van der Waals surface area contributed by atoms with Crippen molar-refractivity contribution in [3.63, 3.8) is 0 Å². The zero-order valence-electron chi connectivity index (χ0n) is 14.6. The summed E-state index contributed by atoms with van der Waals surface area (Å²) >= 11 is 1.68. The normalized spacial score (nSPS) is 23.5. The van der Waals surface area contributed by atoms with Gasteiger partial charge >= 0.3 is 0 Å². The molecule has 0 bridgehead atoms. The van der Waals surface area contributed by atoms with Crippen LogP contribution in [0.4, 0.5) is 5.69 Å². The second-order valence-corrected chi connectivity index (χ2v) is 9.15. The van der Waals surface area contributed by atoms with Gasteiger partial charge < -0.3 is 4.57 Å². The van der Waals surface area contributed by atoms with Gasteiger partial charge in [0.1, 0.15) is 5.69 Å². The Morgan fingerprint density at radius 3 is 2.96 bits per heavy atom. The van der Waals surface area contributed by atoms with Crippen LogP contribution >= 0.6 is 11.3 Å². The van der Waals surface area contributed by atoms with E-state index in [1.165, 1.54) is 5.69 Å². The van der Waals surface area contributed by atoms with E-state index in [0.717, 1.165) is 48.5 Å². The maximum absolute atomic E-state index is 12.2. The Balaban J connectivity index is 1.91. The lowest BCUT2D eigenvalue weighted by atomic mass is 9.94. The minimum atomic E-state index is -0.699. The summed E-state index contributed by atoms with van der Waals surface area (Å²) in [6.45, 7) is 7.09. The third-order valence-electron chi connectivity index (χ3n) is 4.71. The van der Waals surface area contributed by atoms with Gasteiger partial charge in [-0.25, -0.2) is 4.99 Å². The SMILES string of the molecule is CCn1cc(N=c2scc(C)n2[C@@H]2CCC[C@H]([S@](=O)CC)C2)cn1. The van der Waals surface area contributed by atoms with Gasteiger partial charge in [-0.2, -0.15) is 5.10 Å². The molecule has 1 saturated carbocycles. The molecule has 1 aliphatic carbocycles. The second kappa shape index (κ2) is 7.78. The first kappa shape index (κ1) is 17.6. The average Bonchev–Trinajstić information content (AvgIpc) is 3.21. The van der Waals surface area contributed by atoms with Crippen LogP contribution in [-0.4, -0.2) is 29.6 Å². The van der Waals surface area contributed by atoms with Crippen LogP contribution in [-0.2, 0) is 17.3 Å². The highest BCUT2D eigenvalue weighted by Gasteiger charge is 2.27. The predicted octanol–water partition coefficient (Wildman–Crippen LogP) is 3.56. The topological polar surface area (TPSA) is 52.2 Å². The monoisotopic (exact) mass is 366 g/mol. The van der Waals surface area contributed by atoms with Crippen LogP contribution in [0.15, 0.2) is 22.8 Å². The number of aryl methyl sites for hydroxylation is 2. The van der Waals surface area contributed by atoms with Crippen LogP contribution in [0.2, 0.25) is 0 Å². The van der Waals surface area contributed by atoms with Gasteiger partial charge in [0.2, 0.25) is 0 Å². The summed E-state index contributed by atoms with van der Waals surface area (Å²) in [5, 5.41) is 6.80. The maximum Gasteiger partial charge on any atom is 0.190 e. The molecule has 3 atom stereocenters. The highest BCUT2D eigenvalue weighted by molar-refractivity contribution is 7.85. The fourth-order valence-corrected chi connectivity index (χ4v) is 5.74. The Labute approximate surface area is 149 Å². The molecule has 0 aromatic carbocycles. The molecule has 0 saturated heterocycles. The van der Waals surface area contributed by atoms with Crippen LogP contribution in [0.1, 0.15) is 51.3 Å². The molecule has 3 rings (SSSR count). The maximum atomic E-state index is 12.2. The molecule has 1 aliphatic rings. The number of hydrogen-bond donors (Lipinski definition) is 0. The smallest absolute Gasteiger partial charge is 0.190 e. The van der Waals surface area contributed by atoms with Crippen molar-refractivity contribution in [1.29, 1.82) is 0 Å². The van der Waals surface area contributed by atoms with Crippen LogP contribution in [0.25, 0.3) is 0 Å². The van der Waals surface area contributed by atoms with E-state index >= 15 is 0 Å². The quantitative estimate of drug-likeness (QED) is 0.812. The second-order valence-electron chi connectivity index (χ2n) is 6.31. The molecule has 132 valence electrons. The van der Waals surface area contributed by atoms with Crippen molar-refractivity contribution >= 4 is 27.8 Å². The first-order chi connectivity index (χ1) is 11.6. The fraction of sp³-hybridized carbons (Fsp3) is 0.647. The van der Waals surface area contributed by atoms with E-state index < -0.39 is 10.8 Å². The number of hydrogen-bond acceptors (Lipinski definition) is 4. The molecule has 0 aliphatic heterocycles. The predicted molar refractivity (Wildman–Crippen MR) is 100 cm³/mol. The third kappa shape index (κ3) is 3.72. The number of thiazole rings is 1. The Morgan fingerprint density at radius 1 is 1.42 bits per heavy atom. The highest BCUT2D eigenvalue weighted by atomic mass is 32.2. The summed E-state index contributed by atoms with van der Waals surface area (Å²) in [6, 6.07) is 0.408. The van der Waals surface area contributed by atoms with Crippen molar-refractivity contribution in [2.24, 2.45) is 4.99 Å². The molecular formula is C17H26N4OS2. The standard InChI is InChI=1S/C17H26N4OS2/c1-4-20-11-14(10-18-20)19-17-21(13(3)12-23-17)15-7-6-8-16(9-15)24(22)5-2/h10-12,15-16H,4-9H2,1-3H3/t15-,16+,24-/m1/s1. The number of nitrogens with zero attached hydrogens (tertiary/aromatic N) is 4. The molecule has 0 spiro atoms. The summed E-state index contributed by atoms with van der Waals surface area (Å²) in [7, 11) is -0.699. The van der Waals surface area contributed by atoms with Crippen LogP contribution in [0.5, 0.6) is 0 Å². The lowest BCUT2D eigenvalue weighted by molar-refractivity contribution is 0.347. The summed E-state index contributed by atoms with van der Waals surface area (Å²) in [5.74, 6) is 0.762. The van der Waals surface area contributed by atoms with Crippen LogP contribution < -0.4 is 4.80 Å². The minimum Gasteiger partial charge on any atom is -0.318 e. The molecule has 1 fully saturated rings. The summed E-state index contributed by atoms with van der Waals surface area (Å²) in [5.41, 5.74) is 2.14. The Morgan fingerprint density at radius 2 is 2.25 bits per heavy atom. The summed E-state index contributed by atoms with van der Waals surface area (Å²) in [4.78, 5) is 5.84. The Bertz CT molecular complexity index is 774. The van der Waals surface area contributed by atoms with Gasteiger partial charge in [0.05, 0.1) is 12.4 Å². The molecule has 7 heteroatoms. The molecule has 0 radical (unpaired) electrons. The molecule has 2 aromatic rings. The Hall–Kier alpha value is -1.21. The van der Waals surface area contributed by atoms with E-state index in [0.29, 0.717) is 11.3 Å². The highest BCUT2D eigenvalue weighted by Crippen LogP contribution is 2.31. The first-order valence-electron chi connectivity index (χ1n) is 8.73. The van der Waals surface area contributed by atoms with Crippen molar-refractivity contribution in [1.82, 2.24) is 14.3 Å². The van der Waals surface area contributed by atoms with Crippen molar-refractivity contribution in [3.05, 3.63) is 28.3 Å². The zero-order valence-corrected chi connectivity index (χ0v) is 16.3. The van der Waals surface area contributed by atoms with Crippen molar-refractivity contribution in [2.45, 2.75) is 64.3 Å². The van der Waals surface area contributed by atoms with Gasteiger partial charge in [-0.15, -0.1) is 11.3 Å². The Kier molecular flexibility index (Phi) is 5.71. The van der Waals surface area contributed by atoms with Crippen LogP contribution in [0, 0.1) is 6.92 Å². The molecule has 0 N–H and O–H groups in total. The fourth-order valence-electron chi connectivity index (χ4n) is 3.45. The van der Waals surface area contributed by atoms with Gasteiger partial charge in [0, 0.05) is 45.5 Å². The van der Waals surface area contributed by atoms with Crippen molar-refractivity contribution in [3.8, 4) is 0 Å². The van der Waals surface area contributed by atoms with Crippen molar-refractivity contribution < 1.29 is 4.21 Å². The van der Waals surface area contributed by atoms with Gasteiger partial charge in [-0.05, 0) is 33.1 Å². The molecule has 2 aromatic heterocycles. The zero-order chi connectivity index (χ0) is 17.1. The van der Waals surface area contributed by atoms with E-state index in [1.54, 1.807) is 11.3 Å². The van der Waals surface area contributed by atoms with Crippen LogP contribution in [0.3, 0.4) is 0 Å². The first-order valence-corrected chi connectivity index (χ1v) is 11.0. The number of rotatable bonds is 5. The molecule has 2 heterocycles. The van der Waals surface area contributed by atoms with E-state index in [9.17, 15) is 4.21 Å². The summed E-state index contributed by atoms with van der Waals surface area (Å²) < 4.78 is 16.5. The lowest BCUT2D eigenvalue weighted by Crippen LogP contribution is -2.31. The van der Waals surface area contributed by atoms with E-state index in [-0.39, 0.29) is 0 Å². The molecule has 24 heavy (non-hydrogen) atoms. The van der Waals surface area contributed by atoms with Gasteiger partial charge in [0.25, 0.3) is 0 Å². The van der Waals surface area contributed by atoms with Gasteiger partial charge in [-0.3, -0.25) is 8.89 Å². The number of aromatic nitrogens is 3. The van der Waals surface area contributed by atoms with Gasteiger partial charge in [0.15, 0.2) is 4.80 Å². The van der Waals surface area contributed by atoms with E-state index in [2.05, 4.69) is 28.9 Å².